The van der Waals surface area contributed by atoms with Gasteiger partial charge in [-0.05, 0) is 42.2 Å². The van der Waals surface area contributed by atoms with Gasteiger partial charge in [-0.15, -0.1) is 0 Å². The zero-order valence-corrected chi connectivity index (χ0v) is 26.6. The third-order valence-electron chi connectivity index (χ3n) is 7.72. The number of carboxylic acid groups (broad SMARTS) is 1. The van der Waals surface area contributed by atoms with Crippen LogP contribution in [0.15, 0.2) is 78.0 Å². The molecule has 1 fully saturated rings. The molecule has 1 saturated heterocycles. The summed E-state index contributed by atoms with van der Waals surface area (Å²) in [4.78, 5) is 57.6. The van der Waals surface area contributed by atoms with Gasteiger partial charge in [-0.3, -0.25) is 14.6 Å². The number of sulfonamides is 1. The van der Waals surface area contributed by atoms with Crippen molar-refractivity contribution < 1.29 is 37.4 Å². The van der Waals surface area contributed by atoms with Gasteiger partial charge < -0.3 is 19.6 Å². The Hall–Kier alpha value is -4.78. The van der Waals surface area contributed by atoms with E-state index in [1.54, 1.807) is 47.4 Å². The number of unbranched alkanes of at least 4 members (excludes halogenated alkanes) is 1. The van der Waals surface area contributed by atoms with Gasteiger partial charge in [-0.25, -0.2) is 22.7 Å². The predicted octanol–water partition coefficient (Wildman–Crippen LogP) is 4.46. The number of carboxylic acids is 1. The van der Waals surface area contributed by atoms with E-state index < -0.39 is 40.1 Å². The molecule has 12 nitrogen and oxygen atoms in total. The van der Waals surface area contributed by atoms with Crippen LogP contribution in [0.2, 0.25) is 0 Å². The minimum atomic E-state index is -4.24. The summed E-state index contributed by atoms with van der Waals surface area (Å²) in [6, 6.07) is 14.7. The van der Waals surface area contributed by atoms with Crippen molar-refractivity contribution in [1.29, 1.82) is 0 Å². The molecule has 0 spiro atoms. The first-order valence-electron chi connectivity index (χ1n) is 15.2. The number of carbonyl (C=O) groups is 4. The summed E-state index contributed by atoms with van der Waals surface area (Å²) in [6.45, 7) is 4.13. The largest absolute Gasteiger partial charge is 0.480 e. The van der Waals surface area contributed by atoms with Crippen LogP contribution in [0.25, 0.3) is 11.1 Å². The molecule has 13 heteroatoms. The third kappa shape index (κ3) is 8.27. The van der Waals surface area contributed by atoms with Crippen molar-refractivity contribution in [1.82, 2.24) is 19.5 Å². The van der Waals surface area contributed by atoms with Gasteiger partial charge in [0.05, 0.1) is 17.5 Å². The molecule has 2 heterocycles. The number of likely N-dealkylation sites (tertiary alicyclic amines) is 1. The molecule has 0 saturated carbocycles. The molecule has 1 aliphatic heterocycles. The van der Waals surface area contributed by atoms with Crippen LogP contribution in [0.5, 0.6) is 0 Å². The Morgan fingerprint density at radius 3 is 2.35 bits per heavy atom. The molecule has 0 radical (unpaired) electrons. The molecule has 2 aromatic carbocycles. The first-order chi connectivity index (χ1) is 22.1. The summed E-state index contributed by atoms with van der Waals surface area (Å²) in [5, 5.41) is 9.94. The standard InChI is InChI=1S/C33H38N4O8S/c1-3-5-19-45-33(42)35-46(43,44)29-10-7-6-9-27(29)24-13-11-23(12-14-24)21-36(30(38)8-4-2)26-20-28(32(40)41)37(22-26)31(39)25-15-17-34-18-16-25/h6-7,9-18,26,28H,3-5,8,19-22H2,1-2H3,(H,35,42)(H,40,41). The van der Waals surface area contributed by atoms with E-state index in [-0.39, 0.29) is 43.3 Å². The van der Waals surface area contributed by atoms with Crippen LogP contribution in [0.4, 0.5) is 4.79 Å². The Kier molecular flexibility index (Phi) is 11.5. The lowest BCUT2D eigenvalue weighted by molar-refractivity contribution is -0.141. The molecule has 2 atom stereocenters. The number of pyridine rings is 1. The van der Waals surface area contributed by atoms with Crippen LogP contribution >= 0.6 is 0 Å². The topological polar surface area (TPSA) is 163 Å². The normalized spacial score (nSPS) is 16.1. The van der Waals surface area contributed by atoms with Gasteiger partial charge >= 0.3 is 12.1 Å². The molecule has 2 unspecified atom stereocenters. The van der Waals surface area contributed by atoms with E-state index in [2.05, 4.69) is 4.98 Å². The first kappa shape index (κ1) is 34.1. The fraction of sp³-hybridized carbons (Fsp3) is 0.364. The Bertz CT molecular complexity index is 1650. The summed E-state index contributed by atoms with van der Waals surface area (Å²) < 4.78 is 33.1. The molecule has 3 aromatic rings. The summed E-state index contributed by atoms with van der Waals surface area (Å²) in [7, 11) is -4.24. The van der Waals surface area contributed by atoms with Gasteiger partial charge in [-0.2, -0.15) is 0 Å². The van der Waals surface area contributed by atoms with E-state index in [1.807, 2.05) is 18.6 Å². The number of nitrogens with zero attached hydrogens (tertiary/aromatic N) is 3. The second kappa shape index (κ2) is 15.5. The number of amides is 3. The number of nitrogens with one attached hydrogen (secondary N) is 1. The lowest BCUT2D eigenvalue weighted by atomic mass is 10.0. The molecular weight excluding hydrogens is 612 g/mol. The van der Waals surface area contributed by atoms with Gasteiger partial charge in [0.2, 0.25) is 5.91 Å². The van der Waals surface area contributed by atoms with Crippen LogP contribution in [-0.4, -0.2) is 77.4 Å². The summed E-state index contributed by atoms with van der Waals surface area (Å²) in [5.74, 6) is -1.75. The smallest absolute Gasteiger partial charge is 0.421 e. The average Bonchev–Trinajstić information content (AvgIpc) is 3.50. The van der Waals surface area contributed by atoms with Crippen LogP contribution in [0, 0.1) is 0 Å². The average molecular weight is 651 g/mol. The molecule has 0 aliphatic carbocycles. The number of rotatable bonds is 13. The number of ether oxygens (including phenoxy) is 1. The van der Waals surface area contributed by atoms with Crippen LogP contribution in [-0.2, 0) is 30.9 Å². The molecule has 1 aliphatic rings. The maximum atomic E-state index is 13.3. The number of carbonyl (C=O) groups excluding carboxylic acids is 3. The highest BCUT2D eigenvalue weighted by Crippen LogP contribution is 2.30. The highest BCUT2D eigenvalue weighted by Gasteiger charge is 2.43. The van der Waals surface area contributed by atoms with Crippen molar-refractivity contribution in [2.75, 3.05) is 13.2 Å². The van der Waals surface area contributed by atoms with Crippen molar-refractivity contribution in [2.24, 2.45) is 0 Å². The molecule has 4 rings (SSSR count). The van der Waals surface area contributed by atoms with Crippen molar-refractivity contribution >= 4 is 33.9 Å². The van der Waals surface area contributed by atoms with E-state index in [9.17, 15) is 32.7 Å². The van der Waals surface area contributed by atoms with E-state index in [4.69, 9.17) is 4.74 Å². The zero-order valence-electron chi connectivity index (χ0n) is 25.8. The lowest BCUT2D eigenvalue weighted by Gasteiger charge is -2.29. The second-order valence-corrected chi connectivity index (χ2v) is 12.6. The molecule has 244 valence electrons. The Balaban J connectivity index is 1.55. The fourth-order valence-corrected chi connectivity index (χ4v) is 6.49. The lowest BCUT2D eigenvalue weighted by Crippen LogP contribution is -2.43. The summed E-state index contributed by atoms with van der Waals surface area (Å²) >= 11 is 0. The second-order valence-electron chi connectivity index (χ2n) is 11.0. The van der Waals surface area contributed by atoms with Crippen LogP contribution in [0.3, 0.4) is 0 Å². The van der Waals surface area contributed by atoms with Crippen LogP contribution < -0.4 is 4.72 Å². The van der Waals surface area contributed by atoms with E-state index >= 15 is 0 Å². The van der Waals surface area contributed by atoms with Crippen molar-refractivity contribution in [3.05, 3.63) is 84.2 Å². The van der Waals surface area contributed by atoms with Gasteiger partial charge in [0.15, 0.2) is 0 Å². The monoisotopic (exact) mass is 650 g/mol. The number of hydrogen-bond donors (Lipinski definition) is 2. The maximum absolute atomic E-state index is 13.3. The minimum Gasteiger partial charge on any atom is -0.480 e. The quantitative estimate of drug-likeness (QED) is 0.254. The predicted molar refractivity (Wildman–Crippen MR) is 169 cm³/mol. The van der Waals surface area contributed by atoms with Crippen molar-refractivity contribution in [3.8, 4) is 11.1 Å². The Morgan fingerprint density at radius 1 is 1.00 bits per heavy atom. The Labute approximate surface area is 268 Å². The molecule has 46 heavy (non-hydrogen) atoms. The summed E-state index contributed by atoms with van der Waals surface area (Å²) in [6.07, 6.45) is 4.21. The number of hydrogen-bond acceptors (Lipinski definition) is 8. The minimum absolute atomic E-state index is 0.0603. The molecule has 1 aromatic heterocycles. The van der Waals surface area contributed by atoms with Crippen molar-refractivity contribution in [3.63, 3.8) is 0 Å². The molecule has 2 N–H and O–H groups in total. The Morgan fingerprint density at radius 2 is 1.70 bits per heavy atom. The SMILES string of the molecule is CCCCOC(=O)NS(=O)(=O)c1ccccc1-c1ccc(CN(C(=O)CCC)C2CC(C(=O)O)N(C(=O)c3ccncc3)C2)cc1. The molecule has 0 bridgehead atoms. The van der Waals surface area contributed by atoms with Crippen molar-refractivity contribution in [2.45, 2.75) is 69.5 Å². The zero-order chi connectivity index (χ0) is 33.3. The van der Waals surface area contributed by atoms with Gasteiger partial charge in [0.1, 0.15) is 6.04 Å². The van der Waals surface area contributed by atoms with Gasteiger partial charge in [0.25, 0.3) is 15.9 Å². The van der Waals surface area contributed by atoms with E-state index in [0.29, 0.717) is 29.5 Å². The number of aliphatic carboxylic acids is 1. The van der Waals surface area contributed by atoms with Gasteiger partial charge in [0, 0.05) is 49.5 Å². The molecular formula is C33H38N4O8S. The first-order valence-corrected chi connectivity index (χ1v) is 16.6. The van der Waals surface area contributed by atoms with Crippen LogP contribution in [0.1, 0.15) is 61.9 Å². The highest BCUT2D eigenvalue weighted by molar-refractivity contribution is 7.90. The molecule has 3 amide bonds. The number of aromatic nitrogens is 1. The van der Waals surface area contributed by atoms with E-state index in [0.717, 1.165) is 12.0 Å². The maximum Gasteiger partial charge on any atom is 0.421 e. The van der Waals surface area contributed by atoms with E-state index in [1.165, 1.54) is 35.5 Å². The highest BCUT2D eigenvalue weighted by atomic mass is 32.2. The number of benzene rings is 2. The fourth-order valence-electron chi connectivity index (χ4n) is 5.37. The third-order valence-corrected chi connectivity index (χ3v) is 9.09. The van der Waals surface area contributed by atoms with Gasteiger partial charge in [-0.1, -0.05) is 62.7 Å². The summed E-state index contributed by atoms with van der Waals surface area (Å²) in [5.41, 5.74) is 1.98.